The van der Waals surface area contributed by atoms with E-state index in [-0.39, 0.29) is 5.91 Å². The summed E-state index contributed by atoms with van der Waals surface area (Å²) in [5, 5.41) is 24.0. The van der Waals surface area contributed by atoms with Gasteiger partial charge in [0.05, 0.1) is 17.8 Å². The molecule has 8 heteroatoms. The molecule has 0 aliphatic heterocycles. The second kappa shape index (κ2) is 13.3. The molecule has 0 atom stereocenters. The number of allylic oxidation sites excluding steroid dienone is 4. The van der Waals surface area contributed by atoms with Gasteiger partial charge in [-0.15, -0.1) is 10.2 Å². The van der Waals surface area contributed by atoms with E-state index in [0.717, 1.165) is 53.2 Å². The summed E-state index contributed by atoms with van der Waals surface area (Å²) in [4.78, 5) is 12.4. The standard InChI is InChI=1S/C24H32N6OS/c1-6-21(28-27-18(4)5)12-7-8-13-23-29-30-24(32-23)26-22(31)15-19-10-9-11-20(14-19)16-25-17(2)3/h6,9-11,14,25H,2,4,7-8,12-13,15-16H2,1,3,5H3,(H,26,30,31)/b21-6-,28-27?. The number of hydrogen-bond donors (Lipinski definition) is 2. The number of rotatable bonds is 13. The van der Waals surface area contributed by atoms with Crippen LogP contribution in [0.2, 0.25) is 0 Å². The van der Waals surface area contributed by atoms with E-state index in [9.17, 15) is 4.79 Å². The van der Waals surface area contributed by atoms with E-state index in [1.165, 1.54) is 11.3 Å². The van der Waals surface area contributed by atoms with Crippen molar-refractivity contribution in [3.8, 4) is 0 Å². The second-order valence-electron chi connectivity index (χ2n) is 7.60. The number of aromatic nitrogens is 2. The number of nitrogens with zero attached hydrogens (tertiary/aromatic N) is 4. The van der Waals surface area contributed by atoms with Crippen molar-refractivity contribution in [3.05, 3.63) is 76.7 Å². The fourth-order valence-corrected chi connectivity index (χ4v) is 3.64. The summed E-state index contributed by atoms with van der Waals surface area (Å²) in [6.07, 6.45) is 5.88. The minimum atomic E-state index is -0.0988. The van der Waals surface area contributed by atoms with Crippen molar-refractivity contribution in [1.82, 2.24) is 15.5 Å². The van der Waals surface area contributed by atoms with E-state index in [1.807, 2.05) is 51.1 Å². The number of nitrogens with one attached hydrogen (secondary N) is 2. The predicted octanol–water partition coefficient (Wildman–Crippen LogP) is 5.94. The van der Waals surface area contributed by atoms with Gasteiger partial charge in [0.25, 0.3) is 0 Å². The van der Waals surface area contributed by atoms with Crippen molar-refractivity contribution < 1.29 is 4.79 Å². The van der Waals surface area contributed by atoms with Gasteiger partial charge < -0.3 is 10.6 Å². The Morgan fingerprint density at radius 2 is 1.94 bits per heavy atom. The molecule has 0 spiro atoms. The molecule has 7 nitrogen and oxygen atoms in total. The molecule has 2 rings (SSSR count). The summed E-state index contributed by atoms with van der Waals surface area (Å²) in [5.41, 5.74) is 4.63. The minimum absolute atomic E-state index is 0.0988. The monoisotopic (exact) mass is 452 g/mol. The summed E-state index contributed by atoms with van der Waals surface area (Å²) in [7, 11) is 0. The van der Waals surface area contributed by atoms with Crippen molar-refractivity contribution in [1.29, 1.82) is 0 Å². The van der Waals surface area contributed by atoms with Gasteiger partial charge in [0.1, 0.15) is 5.01 Å². The summed E-state index contributed by atoms with van der Waals surface area (Å²) in [6.45, 7) is 14.0. The lowest BCUT2D eigenvalue weighted by Gasteiger charge is -2.07. The van der Waals surface area contributed by atoms with Gasteiger partial charge in [0.2, 0.25) is 11.0 Å². The molecule has 0 saturated carbocycles. The number of aryl methyl sites for hydroxylation is 1. The molecule has 2 N–H and O–H groups in total. The van der Waals surface area contributed by atoms with Crippen LogP contribution in [-0.4, -0.2) is 16.1 Å². The maximum atomic E-state index is 12.4. The fourth-order valence-electron chi connectivity index (χ4n) is 2.84. The van der Waals surface area contributed by atoms with Crippen molar-refractivity contribution in [3.63, 3.8) is 0 Å². The molecule has 0 saturated heterocycles. The van der Waals surface area contributed by atoms with Crippen molar-refractivity contribution >= 4 is 22.4 Å². The van der Waals surface area contributed by atoms with Crippen molar-refractivity contribution in [2.75, 3.05) is 5.32 Å². The second-order valence-corrected chi connectivity index (χ2v) is 8.66. The fraction of sp³-hybridized carbons (Fsp3) is 0.375. The zero-order valence-corrected chi connectivity index (χ0v) is 20.0. The van der Waals surface area contributed by atoms with Crippen LogP contribution in [0.15, 0.2) is 70.8 Å². The van der Waals surface area contributed by atoms with Crippen LogP contribution >= 0.6 is 11.3 Å². The highest BCUT2D eigenvalue weighted by Crippen LogP contribution is 2.19. The lowest BCUT2D eigenvalue weighted by atomic mass is 10.1. The molecule has 1 aromatic carbocycles. The topological polar surface area (TPSA) is 91.6 Å². The van der Waals surface area contributed by atoms with Gasteiger partial charge in [-0.25, -0.2) is 0 Å². The lowest BCUT2D eigenvalue weighted by molar-refractivity contribution is -0.115. The van der Waals surface area contributed by atoms with Gasteiger partial charge in [0.15, 0.2) is 0 Å². The number of amides is 1. The van der Waals surface area contributed by atoms with E-state index >= 15 is 0 Å². The first-order valence-electron chi connectivity index (χ1n) is 10.7. The summed E-state index contributed by atoms with van der Waals surface area (Å²) in [5.74, 6) is -0.0988. The average Bonchev–Trinajstić information content (AvgIpc) is 3.18. The van der Waals surface area contributed by atoms with E-state index in [4.69, 9.17) is 0 Å². The molecule has 1 aromatic heterocycles. The Morgan fingerprint density at radius 1 is 1.16 bits per heavy atom. The van der Waals surface area contributed by atoms with Crippen LogP contribution in [-0.2, 0) is 24.2 Å². The van der Waals surface area contributed by atoms with Gasteiger partial charge in [-0.1, -0.05) is 54.8 Å². The number of benzene rings is 1. The maximum Gasteiger partial charge on any atom is 0.230 e. The Hall–Kier alpha value is -3.13. The maximum absolute atomic E-state index is 12.4. The van der Waals surface area contributed by atoms with Gasteiger partial charge in [0, 0.05) is 18.7 Å². The third-order valence-electron chi connectivity index (χ3n) is 4.42. The van der Waals surface area contributed by atoms with Gasteiger partial charge in [-0.3, -0.25) is 4.79 Å². The molecule has 1 heterocycles. The Labute approximate surface area is 194 Å². The number of hydrogen-bond acceptors (Lipinski definition) is 7. The van der Waals surface area contributed by atoms with Crippen LogP contribution in [0.3, 0.4) is 0 Å². The highest BCUT2D eigenvalue weighted by Gasteiger charge is 2.10. The van der Waals surface area contributed by atoms with E-state index in [0.29, 0.717) is 23.8 Å². The van der Waals surface area contributed by atoms with E-state index in [2.05, 4.69) is 44.2 Å². The number of carbonyl (C=O) groups is 1. The van der Waals surface area contributed by atoms with Crippen LogP contribution in [0.25, 0.3) is 0 Å². The number of anilines is 1. The predicted molar refractivity (Wildman–Crippen MR) is 131 cm³/mol. The van der Waals surface area contributed by atoms with Crippen molar-refractivity contribution in [2.24, 2.45) is 10.2 Å². The molecule has 0 aliphatic carbocycles. The van der Waals surface area contributed by atoms with Crippen LogP contribution in [0.5, 0.6) is 0 Å². The van der Waals surface area contributed by atoms with Crippen molar-refractivity contribution in [2.45, 2.75) is 59.4 Å². The first-order valence-corrected chi connectivity index (χ1v) is 11.5. The smallest absolute Gasteiger partial charge is 0.230 e. The third-order valence-corrected chi connectivity index (χ3v) is 5.32. The van der Waals surface area contributed by atoms with E-state index in [1.54, 1.807) is 0 Å². The largest absolute Gasteiger partial charge is 0.385 e. The third kappa shape index (κ3) is 9.78. The van der Waals surface area contributed by atoms with Gasteiger partial charge >= 0.3 is 0 Å². The lowest BCUT2D eigenvalue weighted by Crippen LogP contribution is -2.15. The highest BCUT2D eigenvalue weighted by atomic mass is 32.1. The molecular formula is C24H32N6OS. The molecule has 0 radical (unpaired) electrons. The number of carbonyl (C=O) groups excluding carboxylic acids is 1. The molecule has 2 aromatic rings. The Morgan fingerprint density at radius 3 is 2.66 bits per heavy atom. The summed E-state index contributed by atoms with van der Waals surface area (Å²) >= 11 is 1.42. The van der Waals surface area contributed by atoms with Crippen LogP contribution in [0, 0.1) is 0 Å². The normalized spacial score (nSPS) is 11.5. The number of unbranched alkanes of at least 4 members (excludes halogenated alkanes) is 1. The van der Waals surface area contributed by atoms with Gasteiger partial charge in [-0.2, -0.15) is 10.2 Å². The van der Waals surface area contributed by atoms with Crippen LogP contribution < -0.4 is 10.6 Å². The van der Waals surface area contributed by atoms with Gasteiger partial charge in [-0.05, 0) is 51.2 Å². The first-order chi connectivity index (χ1) is 15.4. The molecule has 0 aliphatic rings. The minimum Gasteiger partial charge on any atom is -0.385 e. The molecule has 0 fully saturated rings. The molecule has 0 unspecified atom stereocenters. The van der Waals surface area contributed by atoms with Crippen LogP contribution in [0.4, 0.5) is 5.13 Å². The zero-order chi connectivity index (χ0) is 23.3. The quantitative estimate of drug-likeness (QED) is 0.290. The zero-order valence-electron chi connectivity index (χ0n) is 19.1. The average molecular weight is 453 g/mol. The summed E-state index contributed by atoms with van der Waals surface area (Å²) < 4.78 is 0. The van der Waals surface area contributed by atoms with E-state index < -0.39 is 0 Å². The molecule has 170 valence electrons. The number of azo groups is 1. The highest BCUT2D eigenvalue weighted by molar-refractivity contribution is 7.15. The Kier molecular flexibility index (Phi) is 10.5. The molecule has 32 heavy (non-hydrogen) atoms. The molecule has 0 bridgehead atoms. The van der Waals surface area contributed by atoms with Crippen LogP contribution in [0.1, 0.15) is 56.2 Å². The first kappa shape index (κ1) is 25.1. The molecule has 1 amide bonds. The molecular weight excluding hydrogens is 420 g/mol. The Balaban J connectivity index is 1.77. The Bertz CT molecular complexity index is 992. The summed E-state index contributed by atoms with van der Waals surface area (Å²) in [6, 6.07) is 7.96. The SMILES string of the molecule is C=C(C)N=N/C(=C\C)CCCCc1nnc(NC(=O)Cc2cccc(CNC(=C)C)c2)s1.